The van der Waals surface area contributed by atoms with Crippen LogP contribution in [0.2, 0.25) is 0 Å². The number of benzene rings is 3. The van der Waals surface area contributed by atoms with Crippen molar-refractivity contribution >= 4 is 44.6 Å². The molecule has 2 amide bonds. The Balaban J connectivity index is 1.83. The lowest BCUT2D eigenvalue weighted by molar-refractivity contribution is 0.0998. The van der Waals surface area contributed by atoms with Gasteiger partial charge in [-0.3, -0.25) is 13.9 Å². The Morgan fingerprint density at radius 1 is 0.903 bits per heavy atom. The van der Waals surface area contributed by atoms with Crippen LogP contribution >= 0.6 is 0 Å². The minimum absolute atomic E-state index is 0.304. The van der Waals surface area contributed by atoms with Crippen molar-refractivity contribution in [3.63, 3.8) is 0 Å². The molecule has 3 aromatic rings. The monoisotopic (exact) mass is 436 g/mol. The maximum absolute atomic E-state index is 12.7. The van der Waals surface area contributed by atoms with Crippen LogP contribution in [-0.2, 0) is 10.0 Å². The number of para-hydroxylation sites is 1. The van der Waals surface area contributed by atoms with Crippen LogP contribution in [0.1, 0.15) is 20.7 Å². The molecule has 0 spiro atoms. The number of fused-ring (bicyclic) bond motifs is 2. The van der Waals surface area contributed by atoms with E-state index in [1.807, 2.05) is 12.1 Å². The predicted molar refractivity (Wildman–Crippen MR) is 121 cm³/mol. The van der Waals surface area contributed by atoms with E-state index in [-0.39, 0.29) is 5.91 Å². The largest absolute Gasteiger partial charge is 0.366 e. The Kier molecular flexibility index (Phi) is 4.90. The van der Waals surface area contributed by atoms with Crippen LogP contribution in [-0.4, -0.2) is 33.5 Å². The molecule has 9 heteroatoms. The van der Waals surface area contributed by atoms with Crippen molar-refractivity contribution < 1.29 is 18.0 Å². The van der Waals surface area contributed by atoms with Crippen molar-refractivity contribution in [2.24, 2.45) is 5.73 Å². The fraction of sp³-hybridized carbons (Fsp3) is 0.0909. The third-order valence-electron chi connectivity index (χ3n) is 5.14. The smallest absolute Gasteiger partial charge is 0.257 e. The van der Waals surface area contributed by atoms with Crippen LogP contribution in [0.15, 0.2) is 60.7 Å². The zero-order valence-corrected chi connectivity index (χ0v) is 17.7. The highest BCUT2D eigenvalue weighted by molar-refractivity contribution is 7.92. The summed E-state index contributed by atoms with van der Waals surface area (Å²) < 4.78 is 25.4. The molecule has 4 N–H and O–H groups in total. The van der Waals surface area contributed by atoms with Gasteiger partial charge < -0.3 is 16.4 Å². The van der Waals surface area contributed by atoms with Gasteiger partial charge >= 0.3 is 0 Å². The summed E-state index contributed by atoms with van der Waals surface area (Å²) >= 11 is 0. The van der Waals surface area contributed by atoms with Crippen LogP contribution in [0.4, 0.5) is 22.7 Å². The molecule has 0 atom stereocenters. The highest BCUT2D eigenvalue weighted by atomic mass is 32.2. The standard InChI is InChI=1S/C22H20N4O4S/c1-26(31(2,29)30)20-6-4-3-5-15(20)13-7-9-16-18(11-13)24-19-12-14(21(23)27)8-10-17(19)25-22(16)28/h3-12,24H,1-2H3,(H2,23,27)(H,25,28). The highest BCUT2D eigenvalue weighted by Gasteiger charge is 2.22. The van der Waals surface area contributed by atoms with E-state index >= 15 is 0 Å². The molecule has 8 nitrogen and oxygen atoms in total. The van der Waals surface area contributed by atoms with E-state index in [0.717, 1.165) is 11.8 Å². The number of sulfonamides is 1. The molecule has 1 heterocycles. The fourth-order valence-electron chi connectivity index (χ4n) is 3.43. The molecule has 1 aliphatic heterocycles. The summed E-state index contributed by atoms with van der Waals surface area (Å²) in [4.78, 5) is 24.3. The van der Waals surface area contributed by atoms with Gasteiger partial charge in [-0.15, -0.1) is 0 Å². The Morgan fingerprint density at radius 2 is 1.65 bits per heavy atom. The van der Waals surface area contributed by atoms with Crippen LogP contribution in [0.25, 0.3) is 11.1 Å². The molecule has 1 aliphatic rings. The minimum atomic E-state index is -3.46. The van der Waals surface area contributed by atoms with Gasteiger partial charge in [0, 0.05) is 18.2 Å². The number of hydrogen-bond donors (Lipinski definition) is 3. The molecule has 0 aromatic heterocycles. The third kappa shape index (κ3) is 3.82. The van der Waals surface area contributed by atoms with E-state index in [1.54, 1.807) is 48.5 Å². The summed E-state index contributed by atoms with van der Waals surface area (Å²) in [5.41, 5.74) is 9.59. The number of nitrogens with zero attached hydrogens (tertiary/aromatic N) is 1. The molecule has 0 saturated carbocycles. The molecule has 0 fully saturated rings. The molecule has 3 aromatic carbocycles. The van der Waals surface area contributed by atoms with E-state index in [9.17, 15) is 18.0 Å². The van der Waals surface area contributed by atoms with Crippen LogP contribution in [0, 0.1) is 0 Å². The number of primary amides is 1. The number of carbonyl (C=O) groups is 2. The molecule has 0 unspecified atom stereocenters. The van der Waals surface area contributed by atoms with Crippen molar-refractivity contribution in [3.05, 3.63) is 71.8 Å². The summed E-state index contributed by atoms with van der Waals surface area (Å²) in [7, 11) is -1.97. The van der Waals surface area contributed by atoms with Crippen molar-refractivity contribution in [2.75, 3.05) is 28.2 Å². The Labute approximate surface area is 179 Å². The minimum Gasteiger partial charge on any atom is -0.366 e. The fourth-order valence-corrected chi connectivity index (χ4v) is 3.95. The SMILES string of the molecule is CN(c1ccccc1-c1ccc2c(c1)Nc1cc(C(N)=O)ccc1NC2=O)S(C)(=O)=O. The molecule has 0 aliphatic carbocycles. The van der Waals surface area contributed by atoms with E-state index in [2.05, 4.69) is 10.6 Å². The second-order valence-corrected chi connectivity index (χ2v) is 9.23. The zero-order valence-electron chi connectivity index (χ0n) is 16.8. The number of nitrogens with two attached hydrogens (primary N) is 1. The van der Waals surface area contributed by atoms with Crippen molar-refractivity contribution in [3.8, 4) is 11.1 Å². The first kappa shape index (κ1) is 20.4. The second-order valence-electron chi connectivity index (χ2n) is 7.21. The van der Waals surface area contributed by atoms with Gasteiger partial charge in [0.05, 0.1) is 34.6 Å². The maximum Gasteiger partial charge on any atom is 0.257 e. The van der Waals surface area contributed by atoms with Gasteiger partial charge in [0.15, 0.2) is 0 Å². The molecule has 0 bridgehead atoms. The average molecular weight is 436 g/mol. The molecule has 31 heavy (non-hydrogen) atoms. The molecular weight excluding hydrogens is 416 g/mol. The third-order valence-corrected chi connectivity index (χ3v) is 6.33. The number of carbonyl (C=O) groups excluding carboxylic acids is 2. The highest BCUT2D eigenvalue weighted by Crippen LogP contribution is 2.37. The number of anilines is 4. The van der Waals surface area contributed by atoms with Gasteiger partial charge in [0.1, 0.15) is 0 Å². The molecule has 0 radical (unpaired) electrons. The van der Waals surface area contributed by atoms with Crippen molar-refractivity contribution in [1.82, 2.24) is 0 Å². The lowest BCUT2D eigenvalue weighted by Crippen LogP contribution is -2.25. The zero-order chi connectivity index (χ0) is 22.3. The number of nitrogens with one attached hydrogen (secondary N) is 2. The Bertz CT molecular complexity index is 1340. The summed E-state index contributed by atoms with van der Waals surface area (Å²) in [5, 5.41) is 6.01. The summed E-state index contributed by atoms with van der Waals surface area (Å²) in [6.45, 7) is 0. The second kappa shape index (κ2) is 7.44. The first-order valence-electron chi connectivity index (χ1n) is 9.35. The van der Waals surface area contributed by atoms with E-state index < -0.39 is 15.9 Å². The molecule has 158 valence electrons. The Morgan fingerprint density at radius 3 is 2.35 bits per heavy atom. The van der Waals surface area contributed by atoms with Crippen molar-refractivity contribution in [1.29, 1.82) is 0 Å². The molecule has 4 rings (SSSR count). The summed E-state index contributed by atoms with van der Waals surface area (Å²) in [6.07, 6.45) is 1.14. The van der Waals surface area contributed by atoms with Gasteiger partial charge in [0.2, 0.25) is 15.9 Å². The lowest BCUT2D eigenvalue weighted by atomic mass is 10.0. The lowest BCUT2D eigenvalue weighted by Gasteiger charge is -2.21. The number of amides is 2. The van der Waals surface area contributed by atoms with Gasteiger partial charge in [-0.2, -0.15) is 0 Å². The van der Waals surface area contributed by atoms with E-state index in [4.69, 9.17) is 5.73 Å². The van der Waals surface area contributed by atoms with E-state index in [0.29, 0.717) is 39.4 Å². The normalized spacial score (nSPS) is 12.6. The molecular formula is C22H20N4O4S. The van der Waals surface area contributed by atoms with Crippen LogP contribution in [0.5, 0.6) is 0 Å². The van der Waals surface area contributed by atoms with Gasteiger partial charge in [-0.1, -0.05) is 24.3 Å². The average Bonchev–Trinajstić information content (AvgIpc) is 2.87. The van der Waals surface area contributed by atoms with Crippen molar-refractivity contribution in [2.45, 2.75) is 0 Å². The first-order chi connectivity index (χ1) is 14.6. The van der Waals surface area contributed by atoms with Gasteiger partial charge in [0.25, 0.3) is 5.91 Å². The predicted octanol–water partition coefficient (Wildman–Crippen LogP) is 3.16. The summed E-state index contributed by atoms with van der Waals surface area (Å²) in [6, 6.07) is 17.1. The van der Waals surface area contributed by atoms with Gasteiger partial charge in [-0.05, 0) is 42.0 Å². The van der Waals surface area contributed by atoms with Gasteiger partial charge in [-0.25, -0.2) is 8.42 Å². The van der Waals surface area contributed by atoms with Crippen LogP contribution in [0.3, 0.4) is 0 Å². The summed E-state index contributed by atoms with van der Waals surface area (Å²) in [5.74, 6) is -0.881. The molecule has 0 saturated heterocycles. The van der Waals surface area contributed by atoms with E-state index in [1.165, 1.54) is 11.4 Å². The maximum atomic E-state index is 12.7. The number of hydrogen-bond acceptors (Lipinski definition) is 5. The first-order valence-corrected chi connectivity index (χ1v) is 11.2. The van der Waals surface area contributed by atoms with Crippen LogP contribution < -0.4 is 20.7 Å². The Hall–Kier alpha value is -3.85. The quantitative estimate of drug-likeness (QED) is 0.580. The number of rotatable bonds is 4. The topological polar surface area (TPSA) is 122 Å².